The summed E-state index contributed by atoms with van der Waals surface area (Å²) in [5.41, 5.74) is -0.760. The van der Waals surface area contributed by atoms with Crippen LogP contribution in [0.15, 0.2) is 12.4 Å². The minimum atomic E-state index is -0.760. The van der Waals surface area contributed by atoms with Crippen LogP contribution in [0.25, 0.3) is 0 Å². The van der Waals surface area contributed by atoms with Gasteiger partial charge in [-0.15, -0.1) is 0 Å². The molecule has 0 N–H and O–H groups in total. The highest BCUT2D eigenvalue weighted by molar-refractivity contribution is 5.83. The van der Waals surface area contributed by atoms with Crippen molar-refractivity contribution in [3.63, 3.8) is 0 Å². The Hall–Kier alpha value is -1.19. The third kappa shape index (κ3) is 1.37. The molecule has 0 saturated heterocycles. The second-order valence-corrected chi connectivity index (χ2v) is 3.22. The molecule has 0 radical (unpaired) electrons. The molecule has 66 valence electrons. The summed E-state index contributed by atoms with van der Waals surface area (Å²) in [6, 6.07) is 0. The monoisotopic (exact) mass is 170 g/mol. The molecule has 0 aliphatic rings. The smallest absolute Gasteiger partial charge is 0.161 e. The van der Waals surface area contributed by atoms with Crippen molar-refractivity contribution in [3.8, 4) is 0 Å². The van der Waals surface area contributed by atoms with Crippen LogP contribution < -0.4 is 0 Å². The molecule has 0 amide bonds. The van der Waals surface area contributed by atoms with Gasteiger partial charge in [-0.25, -0.2) is 4.39 Å². The van der Waals surface area contributed by atoms with Gasteiger partial charge in [-0.1, -0.05) is 0 Å². The van der Waals surface area contributed by atoms with Crippen molar-refractivity contribution in [3.05, 3.63) is 18.2 Å². The summed E-state index contributed by atoms with van der Waals surface area (Å²) >= 11 is 0. The van der Waals surface area contributed by atoms with Crippen LogP contribution in [0, 0.1) is 5.82 Å². The lowest BCUT2D eigenvalue weighted by atomic mass is 10.0. The van der Waals surface area contributed by atoms with E-state index in [1.807, 2.05) is 0 Å². The van der Waals surface area contributed by atoms with Gasteiger partial charge in [0.1, 0.15) is 5.54 Å². The third-order valence-electron chi connectivity index (χ3n) is 1.99. The molecule has 0 spiro atoms. The lowest BCUT2D eigenvalue weighted by molar-refractivity contribution is -0.124. The first-order chi connectivity index (χ1) is 5.44. The van der Waals surface area contributed by atoms with Crippen LogP contribution in [0.5, 0.6) is 0 Å². The molecule has 0 saturated carbocycles. The van der Waals surface area contributed by atoms with Crippen molar-refractivity contribution in [2.45, 2.75) is 26.3 Å². The minimum Gasteiger partial charge on any atom is -0.297 e. The van der Waals surface area contributed by atoms with E-state index in [2.05, 4.69) is 5.10 Å². The molecular formula is C8H11FN2O. The van der Waals surface area contributed by atoms with Crippen LogP contribution in [-0.4, -0.2) is 15.6 Å². The summed E-state index contributed by atoms with van der Waals surface area (Å²) in [5.74, 6) is -0.477. The van der Waals surface area contributed by atoms with Crippen LogP contribution in [0.4, 0.5) is 4.39 Å². The minimum absolute atomic E-state index is 0.0504. The molecule has 0 aromatic carbocycles. The lowest BCUT2D eigenvalue weighted by Crippen LogP contribution is -2.34. The predicted molar refractivity (Wildman–Crippen MR) is 42.2 cm³/mol. The summed E-state index contributed by atoms with van der Waals surface area (Å²) in [5, 5.41) is 3.73. The van der Waals surface area contributed by atoms with Gasteiger partial charge in [0, 0.05) is 0 Å². The fourth-order valence-corrected chi connectivity index (χ4v) is 0.768. The SMILES string of the molecule is CC(=O)C(C)(C)n1cc(F)cn1. The highest BCUT2D eigenvalue weighted by atomic mass is 19.1. The van der Waals surface area contributed by atoms with Gasteiger partial charge in [-0.3, -0.25) is 9.48 Å². The quantitative estimate of drug-likeness (QED) is 0.671. The third-order valence-corrected chi connectivity index (χ3v) is 1.99. The van der Waals surface area contributed by atoms with Crippen molar-refractivity contribution in [1.82, 2.24) is 9.78 Å². The first-order valence-corrected chi connectivity index (χ1v) is 3.66. The fraction of sp³-hybridized carbons (Fsp3) is 0.500. The van der Waals surface area contributed by atoms with Gasteiger partial charge >= 0.3 is 0 Å². The summed E-state index contributed by atoms with van der Waals surface area (Å²) in [6.07, 6.45) is 2.30. The normalized spacial score (nSPS) is 11.7. The van der Waals surface area contributed by atoms with Crippen LogP contribution in [-0.2, 0) is 10.3 Å². The van der Waals surface area contributed by atoms with Gasteiger partial charge in [-0.05, 0) is 20.8 Å². The first kappa shape index (κ1) is 8.90. The molecule has 1 rings (SSSR count). The standard InChI is InChI=1S/C8H11FN2O/c1-6(12)8(2,3)11-5-7(9)4-10-11/h4-5H,1-3H3. The first-order valence-electron chi connectivity index (χ1n) is 3.66. The lowest BCUT2D eigenvalue weighted by Gasteiger charge is -2.21. The molecule has 0 aliphatic heterocycles. The Kier molecular flexibility index (Phi) is 2.00. The zero-order chi connectivity index (χ0) is 9.35. The number of carbonyl (C=O) groups is 1. The molecule has 1 aromatic rings. The van der Waals surface area contributed by atoms with Crippen LogP contribution in [0.2, 0.25) is 0 Å². The van der Waals surface area contributed by atoms with E-state index in [0.717, 1.165) is 6.20 Å². The van der Waals surface area contributed by atoms with E-state index in [0.29, 0.717) is 0 Å². The highest BCUT2D eigenvalue weighted by Gasteiger charge is 2.26. The maximum absolute atomic E-state index is 12.5. The molecule has 0 atom stereocenters. The van der Waals surface area contributed by atoms with Crippen molar-refractivity contribution in [1.29, 1.82) is 0 Å². The molecule has 0 unspecified atom stereocenters. The average Bonchev–Trinajstić information content (AvgIpc) is 2.35. The molecule has 4 heteroatoms. The number of carbonyl (C=O) groups excluding carboxylic acids is 1. The Labute approximate surface area is 70.2 Å². The molecule has 3 nitrogen and oxygen atoms in total. The molecule has 0 aliphatic carbocycles. The Morgan fingerprint density at radius 2 is 2.25 bits per heavy atom. The van der Waals surface area contributed by atoms with Crippen molar-refractivity contribution in [2.75, 3.05) is 0 Å². The van der Waals surface area contributed by atoms with Crippen LogP contribution >= 0.6 is 0 Å². The number of aromatic nitrogens is 2. The van der Waals surface area contributed by atoms with E-state index < -0.39 is 11.4 Å². The average molecular weight is 170 g/mol. The van der Waals surface area contributed by atoms with Gasteiger partial charge in [0.15, 0.2) is 11.6 Å². The van der Waals surface area contributed by atoms with Gasteiger partial charge in [-0.2, -0.15) is 5.10 Å². The van der Waals surface area contributed by atoms with Crippen LogP contribution in [0.3, 0.4) is 0 Å². The maximum Gasteiger partial charge on any atom is 0.161 e. The number of hydrogen-bond donors (Lipinski definition) is 0. The number of rotatable bonds is 2. The van der Waals surface area contributed by atoms with E-state index in [-0.39, 0.29) is 5.78 Å². The van der Waals surface area contributed by atoms with Gasteiger partial charge in [0.25, 0.3) is 0 Å². The van der Waals surface area contributed by atoms with Gasteiger partial charge < -0.3 is 0 Å². The second-order valence-electron chi connectivity index (χ2n) is 3.22. The summed E-state index contributed by atoms with van der Waals surface area (Å²) in [7, 11) is 0. The number of ketones is 1. The molecular weight excluding hydrogens is 159 g/mol. The van der Waals surface area contributed by atoms with E-state index >= 15 is 0 Å². The second kappa shape index (κ2) is 2.69. The Morgan fingerprint density at radius 3 is 2.58 bits per heavy atom. The Balaban J connectivity index is 3.05. The molecule has 12 heavy (non-hydrogen) atoms. The summed E-state index contributed by atoms with van der Waals surface area (Å²) in [4.78, 5) is 11.1. The van der Waals surface area contributed by atoms with Gasteiger partial charge in [0.2, 0.25) is 0 Å². The zero-order valence-electron chi connectivity index (χ0n) is 7.34. The molecule has 0 fully saturated rings. The molecule has 0 bridgehead atoms. The largest absolute Gasteiger partial charge is 0.297 e. The fourth-order valence-electron chi connectivity index (χ4n) is 0.768. The van der Waals surface area contributed by atoms with E-state index in [1.54, 1.807) is 13.8 Å². The zero-order valence-corrected chi connectivity index (χ0v) is 7.34. The number of nitrogens with zero attached hydrogens (tertiary/aromatic N) is 2. The van der Waals surface area contributed by atoms with E-state index in [4.69, 9.17) is 0 Å². The summed E-state index contributed by atoms with van der Waals surface area (Å²) in [6.45, 7) is 4.85. The topological polar surface area (TPSA) is 34.9 Å². The van der Waals surface area contributed by atoms with Crippen LogP contribution in [0.1, 0.15) is 20.8 Å². The highest BCUT2D eigenvalue weighted by Crippen LogP contribution is 2.15. The van der Waals surface area contributed by atoms with Crippen molar-refractivity contribution in [2.24, 2.45) is 0 Å². The summed E-state index contributed by atoms with van der Waals surface area (Å²) < 4.78 is 13.9. The Morgan fingerprint density at radius 1 is 1.67 bits per heavy atom. The predicted octanol–water partition coefficient (Wildman–Crippen LogP) is 1.35. The number of Topliss-reactive ketones (excluding diaryl/α,β-unsaturated/α-hetero) is 1. The van der Waals surface area contributed by atoms with Crippen molar-refractivity contribution >= 4 is 5.78 Å². The number of halogens is 1. The van der Waals surface area contributed by atoms with Crippen molar-refractivity contribution < 1.29 is 9.18 Å². The van der Waals surface area contributed by atoms with Gasteiger partial charge in [0.05, 0.1) is 12.4 Å². The Bertz CT molecular complexity index is 304. The molecule has 1 aromatic heterocycles. The molecule has 1 heterocycles. The number of hydrogen-bond acceptors (Lipinski definition) is 2. The maximum atomic E-state index is 12.5. The van der Waals surface area contributed by atoms with E-state index in [9.17, 15) is 9.18 Å². The van der Waals surface area contributed by atoms with E-state index in [1.165, 1.54) is 17.8 Å².